The van der Waals surface area contributed by atoms with Crippen LogP contribution >= 0.6 is 0 Å². The molecule has 0 saturated carbocycles. The van der Waals surface area contributed by atoms with Gasteiger partial charge in [0.1, 0.15) is 0 Å². The van der Waals surface area contributed by atoms with E-state index in [1.807, 2.05) is 24.3 Å². The standard InChI is InChI=1S/C47H34N2/c1-47(2)41-23-12-11-22-39(41)44-40(29-36-18-9-10-21-38(36)45(44)47)35-19-13-20-37(28-35)43-30-42(48-46(49-43)34-16-7-4-8-17-34)33-26-24-32(25-27-33)31-14-5-3-6-15-31/h3-30H,1-2H3. The van der Waals surface area contributed by atoms with Crippen molar-refractivity contribution < 1.29 is 0 Å². The largest absolute Gasteiger partial charge is 0.228 e. The molecule has 0 radical (unpaired) electrons. The third-order valence-electron chi connectivity index (χ3n) is 10.1. The fraction of sp³-hybridized carbons (Fsp3) is 0.0638. The molecule has 1 aliphatic rings. The summed E-state index contributed by atoms with van der Waals surface area (Å²) in [7, 11) is 0. The van der Waals surface area contributed by atoms with Gasteiger partial charge in [-0.15, -0.1) is 0 Å². The van der Waals surface area contributed by atoms with Crippen molar-refractivity contribution in [1.82, 2.24) is 9.97 Å². The van der Waals surface area contributed by atoms with Crippen molar-refractivity contribution in [3.63, 3.8) is 0 Å². The van der Waals surface area contributed by atoms with Crippen LogP contribution in [0.4, 0.5) is 0 Å². The zero-order chi connectivity index (χ0) is 33.0. The van der Waals surface area contributed by atoms with Crippen molar-refractivity contribution in [2.45, 2.75) is 19.3 Å². The Morgan fingerprint density at radius 1 is 0.408 bits per heavy atom. The fourth-order valence-electron chi connectivity index (χ4n) is 7.65. The maximum absolute atomic E-state index is 5.17. The van der Waals surface area contributed by atoms with Gasteiger partial charge in [0.15, 0.2) is 5.82 Å². The highest BCUT2D eigenvalue weighted by atomic mass is 14.9. The average molecular weight is 627 g/mol. The maximum atomic E-state index is 5.17. The van der Waals surface area contributed by atoms with Crippen LogP contribution in [0.5, 0.6) is 0 Å². The lowest BCUT2D eigenvalue weighted by molar-refractivity contribution is 0.666. The first kappa shape index (κ1) is 29.1. The molecule has 0 aliphatic heterocycles. The second-order valence-corrected chi connectivity index (χ2v) is 13.4. The van der Waals surface area contributed by atoms with Crippen molar-refractivity contribution in [1.29, 1.82) is 0 Å². The Morgan fingerprint density at radius 3 is 1.76 bits per heavy atom. The molecule has 2 heteroatoms. The zero-order valence-electron chi connectivity index (χ0n) is 27.6. The summed E-state index contributed by atoms with van der Waals surface area (Å²) in [4.78, 5) is 10.3. The summed E-state index contributed by atoms with van der Waals surface area (Å²) in [6, 6.07) is 60.6. The van der Waals surface area contributed by atoms with Crippen LogP contribution < -0.4 is 0 Å². The van der Waals surface area contributed by atoms with Gasteiger partial charge in [-0.3, -0.25) is 0 Å². The Labute approximate surface area is 287 Å². The van der Waals surface area contributed by atoms with E-state index in [9.17, 15) is 0 Å². The molecule has 1 aromatic heterocycles. The Bertz CT molecular complexity index is 2490. The normalized spacial score (nSPS) is 12.9. The molecule has 0 atom stereocenters. The molecule has 2 nitrogen and oxygen atoms in total. The van der Waals surface area contributed by atoms with Crippen LogP contribution in [-0.2, 0) is 5.41 Å². The van der Waals surface area contributed by atoms with E-state index in [4.69, 9.17) is 9.97 Å². The van der Waals surface area contributed by atoms with Gasteiger partial charge in [0, 0.05) is 22.1 Å². The average Bonchev–Trinajstić information content (AvgIpc) is 3.42. The third-order valence-corrected chi connectivity index (χ3v) is 10.1. The molecule has 232 valence electrons. The van der Waals surface area contributed by atoms with Crippen molar-refractivity contribution >= 4 is 10.8 Å². The summed E-state index contributed by atoms with van der Waals surface area (Å²) in [6.07, 6.45) is 0. The Kier molecular flexibility index (Phi) is 6.84. The van der Waals surface area contributed by atoms with Gasteiger partial charge in [-0.2, -0.15) is 0 Å². The molecule has 0 spiro atoms. The molecule has 9 rings (SSSR count). The van der Waals surface area contributed by atoms with Crippen LogP contribution in [0.2, 0.25) is 0 Å². The number of hydrogen-bond acceptors (Lipinski definition) is 2. The van der Waals surface area contributed by atoms with Gasteiger partial charge in [-0.25, -0.2) is 9.97 Å². The van der Waals surface area contributed by atoms with Crippen LogP contribution in [0.3, 0.4) is 0 Å². The number of fused-ring (bicyclic) bond motifs is 5. The number of benzene rings is 7. The molecule has 7 aromatic carbocycles. The van der Waals surface area contributed by atoms with Crippen molar-refractivity contribution in [3.8, 4) is 67.3 Å². The molecule has 1 aliphatic carbocycles. The van der Waals surface area contributed by atoms with Crippen molar-refractivity contribution in [2.75, 3.05) is 0 Å². The van der Waals surface area contributed by atoms with E-state index >= 15 is 0 Å². The van der Waals surface area contributed by atoms with Crippen LogP contribution in [0.1, 0.15) is 25.0 Å². The van der Waals surface area contributed by atoms with Crippen LogP contribution in [0.25, 0.3) is 78.1 Å². The molecule has 0 bridgehead atoms. The summed E-state index contributed by atoms with van der Waals surface area (Å²) in [5.41, 5.74) is 15.1. The smallest absolute Gasteiger partial charge is 0.160 e. The summed E-state index contributed by atoms with van der Waals surface area (Å²) in [5, 5.41) is 2.59. The minimum atomic E-state index is -0.110. The van der Waals surface area contributed by atoms with Gasteiger partial charge in [0.2, 0.25) is 0 Å². The Balaban J connectivity index is 1.21. The third kappa shape index (κ3) is 4.96. The number of nitrogens with zero attached hydrogens (tertiary/aromatic N) is 2. The van der Waals surface area contributed by atoms with E-state index in [1.165, 1.54) is 55.3 Å². The highest BCUT2D eigenvalue weighted by molar-refractivity contribution is 6.05. The van der Waals surface area contributed by atoms with Crippen LogP contribution in [0, 0.1) is 0 Å². The van der Waals surface area contributed by atoms with E-state index in [0.717, 1.165) is 28.1 Å². The molecule has 0 saturated heterocycles. The predicted molar refractivity (Wildman–Crippen MR) is 204 cm³/mol. The molecular weight excluding hydrogens is 593 g/mol. The monoisotopic (exact) mass is 626 g/mol. The SMILES string of the molecule is CC1(C)c2ccccc2-c2c(-c3cccc(-c4cc(-c5ccc(-c6ccccc6)cc5)nc(-c5ccccc5)n4)c3)cc3ccccc3c21. The number of rotatable bonds is 5. The Morgan fingerprint density at radius 2 is 0.980 bits per heavy atom. The minimum absolute atomic E-state index is 0.110. The van der Waals surface area contributed by atoms with Gasteiger partial charge < -0.3 is 0 Å². The summed E-state index contributed by atoms with van der Waals surface area (Å²) >= 11 is 0. The topological polar surface area (TPSA) is 25.8 Å². The van der Waals surface area contributed by atoms with Gasteiger partial charge in [-0.1, -0.05) is 166 Å². The van der Waals surface area contributed by atoms with E-state index < -0.39 is 0 Å². The van der Waals surface area contributed by atoms with Crippen molar-refractivity contribution in [3.05, 3.63) is 181 Å². The summed E-state index contributed by atoms with van der Waals surface area (Å²) < 4.78 is 0. The van der Waals surface area contributed by atoms with Gasteiger partial charge in [0.05, 0.1) is 11.4 Å². The van der Waals surface area contributed by atoms with Crippen LogP contribution in [-0.4, -0.2) is 9.97 Å². The molecule has 1 heterocycles. The van der Waals surface area contributed by atoms with Crippen LogP contribution in [0.15, 0.2) is 170 Å². The lowest BCUT2D eigenvalue weighted by atomic mass is 9.79. The minimum Gasteiger partial charge on any atom is -0.228 e. The van der Waals surface area contributed by atoms with E-state index in [2.05, 4.69) is 159 Å². The van der Waals surface area contributed by atoms with E-state index in [1.54, 1.807) is 0 Å². The molecule has 0 fully saturated rings. The second kappa shape index (κ2) is 11.5. The Hall–Kier alpha value is -6.12. The first-order valence-corrected chi connectivity index (χ1v) is 16.9. The molecule has 0 N–H and O–H groups in total. The van der Waals surface area contributed by atoms with Crippen molar-refractivity contribution in [2.24, 2.45) is 0 Å². The molecule has 8 aromatic rings. The molecular formula is C47H34N2. The number of aromatic nitrogens is 2. The first-order chi connectivity index (χ1) is 24.0. The zero-order valence-corrected chi connectivity index (χ0v) is 27.6. The molecule has 0 amide bonds. The van der Waals surface area contributed by atoms with Gasteiger partial charge in [0.25, 0.3) is 0 Å². The number of hydrogen-bond donors (Lipinski definition) is 0. The maximum Gasteiger partial charge on any atom is 0.160 e. The lowest BCUT2D eigenvalue weighted by Gasteiger charge is -2.24. The molecule has 0 unspecified atom stereocenters. The fourth-order valence-corrected chi connectivity index (χ4v) is 7.65. The van der Waals surface area contributed by atoms with E-state index in [-0.39, 0.29) is 5.41 Å². The highest BCUT2D eigenvalue weighted by Gasteiger charge is 2.38. The first-order valence-electron chi connectivity index (χ1n) is 16.9. The molecule has 49 heavy (non-hydrogen) atoms. The van der Waals surface area contributed by atoms with Gasteiger partial charge in [-0.05, 0) is 73.5 Å². The predicted octanol–water partition coefficient (Wildman–Crippen LogP) is 12.3. The summed E-state index contributed by atoms with van der Waals surface area (Å²) in [6.45, 7) is 4.73. The van der Waals surface area contributed by atoms with E-state index in [0.29, 0.717) is 5.82 Å². The lowest BCUT2D eigenvalue weighted by Crippen LogP contribution is -2.15. The highest BCUT2D eigenvalue weighted by Crippen LogP contribution is 2.54. The quantitative estimate of drug-likeness (QED) is 0.190. The van der Waals surface area contributed by atoms with Gasteiger partial charge >= 0.3 is 0 Å². The summed E-state index contributed by atoms with van der Waals surface area (Å²) in [5.74, 6) is 0.716. The second-order valence-electron chi connectivity index (χ2n) is 13.4.